The van der Waals surface area contributed by atoms with E-state index in [1.54, 1.807) is 12.1 Å². The molecule has 1 amide bonds. The number of hydrogen-bond acceptors (Lipinski definition) is 6. The Hall–Kier alpha value is -2.97. The molecular formula is C26H29ClN4O3S. The quantitative estimate of drug-likeness (QED) is 0.472. The first kappa shape index (κ1) is 25.1. The molecule has 4 rings (SSSR count). The van der Waals surface area contributed by atoms with Crippen LogP contribution in [0.2, 0.25) is 5.02 Å². The van der Waals surface area contributed by atoms with E-state index in [-0.39, 0.29) is 15.5 Å². The second kappa shape index (κ2) is 11.2. The monoisotopic (exact) mass is 512 g/mol. The molecule has 3 aromatic rings. The van der Waals surface area contributed by atoms with Gasteiger partial charge in [0.05, 0.1) is 16.3 Å². The van der Waals surface area contributed by atoms with Crippen molar-refractivity contribution in [2.45, 2.75) is 43.9 Å². The first-order chi connectivity index (χ1) is 16.9. The first-order valence-electron chi connectivity index (χ1n) is 11.8. The lowest BCUT2D eigenvalue weighted by atomic mass is 9.90. The summed E-state index contributed by atoms with van der Waals surface area (Å²) in [4.78, 5) is 24.0. The van der Waals surface area contributed by atoms with Gasteiger partial charge in [-0.05, 0) is 49.3 Å². The number of anilines is 1. The Labute approximate surface area is 211 Å². The molecule has 184 valence electrons. The highest BCUT2D eigenvalue weighted by Gasteiger charge is 2.26. The highest BCUT2D eigenvalue weighted by atomic mass is 35.5. The van der Waals surface area contributed by atoms with Gasteiger partial charge in [-0.2, -0.15) is 0 Å². The minimum absolute atomic E-state index is 0.0452. The molecule has 0 radical (unpaired) electrons. The Morgan fingerprint density at radius 1 is 1.09 bits per heavy atom. The molecule has 1 fully saturated rings. The van der Waals surface area contributed by atoms with Crippen LogP contribution < -0.4 is 9.62 Å². The van der Waals surface area contributed by atoms with E-state index in [4.69, 9.17) is 11.6 Å². The van der Waals surface area contributed by atoms with Crippen molar-refractivity contribution in [3.05, 3.63) is 82.6 Å². The summed E-state index contributed by atoms with van der Waals surface area (Å²) in [7, 11) is -4.13. The third-order valence-corrected chi connectivity index (χ3v) is 8.04. The van der Waals surface area contributed by atoms with Gasteiger partial charge in [0, 0.05) is 19.3 Å². The van der Waals surface area contributed by atoms with Crippen LogP contribution in [0.4, 0.5) is 5.95 Å². The molecule has 1 saturated heterocycles. The minimum atomic E-state index is -4.13. The molecule has 2 heterocycles. The summed E-state index contributed by atoms with van der Waals surface area (Å²) >= 11 is 6.02. The van der Waals surface area contributed by atoms with Crippen molar-refractivity contribution in [1.29, 1.82) is 0 Å². The van der Waals surface area contributed by atoms with Gasteiger partial charge < -0.3 is 4.90 Å². The predicted octanol–water partition coefficient (Wildman–Crippen LogP) is 4.66. The molecule has 2 aromatic carbocycles. The van der Waals surface area contributed by atoms with Crippen molar-refractivity contribution in [1.82, 2.24) is 14.7 Å². The van der Waals surface area contributed by atoms with Gasteiger partial charge in [0.25, 0.3) is 15.9 Å². The Balaban J connectivity index is 1.46. The molecule has 35 heavy (non-hydrogen) atoms. The third-order valence-electron chi connectivity index (χ3n) is 6.20. The fourth-order valence-electron chi connectivity index (χ4n) is 4.36. The number of nitrogens with one attached hydrogen (secondary N) is 1. The van der Waals surface area contributed by atoms with Crippen LogP contribution in [-0.4, -0.2) is 37.4 Å². The van der Waals surface area contributed by atoms with Gasteiger partial charge in [-0.3, -0.25) is 4.79 Å². The summed E-state index contributed by atoms with van der Waals surface area (Å²) in [6.07, 6.45) is 5.87. The number of hydrogen-bond donors (Lipinski definition) is 1. The molecule has 0 atom stereocenters. The number of amides is 1. The second-order valence-electron chi connectivity index (χ2n) is 8.77. The second-order valence-corrected chi connectivity index (χ2v) is 10.8. The number of piperidine rings is 1. The van der Waals surface area contributed by atoms with Crippen molar-refractivity contribution < 1.29 is 13.2 Å². The lowest BCUT2D eigenvalue weighted by Crippen LogP contribution is -2.36. The van der Waals surface area contributed by atoms with Gasteiger partial charge in [-0.1, -0.05) is 67.4 Å². The van der Waals surface area contributed by atoms with Gasteiger partial charge in [0.15, 0.2) is 0 Å². The van der Waals surface area contributed by atoms with Gasteiger partial charge >= 0.3 is 0 Å². The predicted molar refractivity (Wildman–Crippen MR) is 137 cm³/mol. The van der Waals surface area contributed by atoms with Crippen molar-refractivity contribution in [2.24, 2.45) is 5.92 Å². The maximum Gasteiger partial charge on any atom is 0.268 e. The van der Waals surface area contributed by atoms with E-state index in [2.05, 4.69) is 43.9 Å². The molecule has 0 spiro atoms. The van der Waals surface area contributed by atoms with E-state index in [0.717, 1.165) is 38.8 Å². The summed E-state index contributed by atoms with van der Waals surface area (Å²) in [5, 5.41) is 0.0452. The minimum Gasteiger partial charge on any atom is -0.341 e. The zero-order chi connectivity index (χ0) is 24.8. The van der Waals surface area contributed by atoms with E-state index in [1.807, 2.05) is 13.0 Å². The molecule has 0 aliphatic carbocycles. The Bertz CT molecular complexity index is 1280. The number of benzene rings is 2. The lowest BCUT2D eigenvalue weighted by Gasteiger charge is -2.32. The SMILES string of the molecule is CCCc1nc(N2CCC(Cc3ccccc3)CC2)ncc1C(=O)NS(=O)(=O)c1ccccc1Cl. The topological polar surface area (TPSA) is 92.3 Å². The number of aryl methyl sites for hydroxylation is 1. The molecule has 1 aromatic heterocycles. The van der Waals surface area contributed by atoms with Crippen LogP contribution in [0.15, 0.2) is 65.7 Å². The summed E-state index contributed by atoms with van der Waals surface area (Å²) in [5.41, 5.74) is 2.05. The molecule has 1 aliphatic rings. The molecular weight excluding hydrogens is 484 g/mol. The normalized spacial score (nSPS) is 14.6. The highest BCUT2D eigenvalue weighted by Crippen LogP contribution is 2.25. The first-order valence-corrected chi connectivity index (χ1v) is 13.7. The lowest BCUT2D eigenvalue weighted by molar-refractivity contribution is 0.0979. The third kappa shape index (κ3) is 6.18. The Kier molecular flexibility index (Phi) is 8.03. The van der Waals surface area contributed by atoms with Gasteiger partial charge in [0.2, 0.25) is 5.95 Å². The molecule has 1 N–H and O–H groups in total. The van der Waals surface area contributed by atoms with Crippen molar-refractivity contribution in [2.75, 3.05) is 18.0 Å². The summed E-state index contributed by atoms with van der Waals surface area (Å²) in [6.45, 7) is 3.67. The standard InChI is InChI=1S/C26H29ClN4O3S/c1-2-8-23-21(25(32)30-35(33,34)24-12-7-6-11-22(24)27)18-28-26(29-23)31-15-13-20(14-16-31)17-19-9-4-3-5-10-19/h3-7,9-12,18,20H,2,8,13-17H2,1H3,(H,30,32). The maximum absolute atomic E-state index is 12.9. The average Bonchev–Trinajstić information content (AvgIpc) is 2.85. The Morgan fingerprint density at radius 3 is 2.46 bits per heavy atom. The van der Waals surface area contributed by atoms with Crippen LogP contribution in [0.1, 0.15) is 47.8 Å². The van der Waals surface area contributed by atoms with Crippen LogP contribution in [0.25, 0.3) is 0 Å². The van der Waals surface area contributed by atoms with E-state index in [1.165, 1.54) is 23.9 Å². The number of carbonyl (C=O) groups is 1. The van der Waals surface area contributed by atoms with Gasteiger partial charge in [-0.15, -0.1) is 0 Å². The average molecular weight is 513 g/mol. The van der Waals surface area contributed by atoms with Gasteiger partial charge in [0.1, 0.15) is 4.90 Å². The van der Waals surface area contributed by atoms with Crippen LogP contribution in [-0.2, 0) is 22.9 Å². The number of sulfonamides is 1. The fraction of sp³-hybridized carbons (Fsp3) is 0.346. The fourth-order valence-corrected chi connectivity index (χ4v) is 5.84. The van der Waals surface area contributed by atoms with Crippen molar-refractivity contribution >= 4 is 33.5 Å². The molecule has 0 saturated carbocycles. The number of carbonyl (C=O) groups excluding carboxylic acids is 1. The van der Waals surface area contributed by atoms with Crippen molar-refractivity contribution in [3.63, 3.8) is 0 Å². The zero-order valence-electron chi connectivity index (χ0n) is 19.7. The van der Waals surface area contributed by atoms with E-state index < -0.39 is 15.9 Å². The molecule has 0 bridgehead atoms. The Morgan fingerprint density at radius 2 is 1.77 bits per heavy atom. The number of rotatable bonds is 8. The molecule has 0 unspecified atom stereocenters. The van der Waals surface area contributed by atoms with Crippen LogP contribution in [0.3, 0.4) is 0 Å². The van der Waals surface area contributed by atoms with E-state index >= 15 is 0 Å². The summed E-state index contributed by atoms with van der Waals surface area (Å²) < 4.78 is 27.5. The van der Waals surface area contributed by atoms with E-state index in [9.17, 15) is 13.2 Å². The van der Waals surface area contributed by atoms with E-state index in [0.29, 0.717) is 24.0 Å². The maximum atomic E-state index is 12.9. The van der Waals surface area contributed by atoms with Crippen LogP contribution >= 0.6 is 11.6 Å². The number of halogens is 1. The zero-order valence-corrected chi connectivity index (χ0v) is 21.2. The van der Waals surface area contributed by atoms with Gasteiger partial charge in [-0.25, -0.2) is 23.1 Å². The number of aromatic nitrogens is 2. The van der Waals surface area contributed by atoms with Crippen LogP contribution in [0.5, 0.6) is 0 Å². The summed E-state index contributed by atoms with van der Waals surface area (Å²) in [6, 6.07) is 16.5. The highest BCUT2D eigenvalue weighted by molar-refractivity contribution is 7.90. The van der Waals surface area contributed by atoms with Crippen molar-refractivity contribution in [3.8, 4) is 0 Å². The smallest absolute Gasteiger partial charge is 0.268 e. The largest absolute Gasteiger partial charge is 0.341 e. The number of nitrogens with zero attached hydrogens (tertiary/aromatic N) is 3. The molecule has 7 nitrogen and oxygen atoms in total. The summed E-state index contributed by atoms with van der Waals surface area (Å²) in [5.74, 6) is 0.433. The molecule has 9 heteroatoms. The van der Waals surface area contributed by atoms with Crippen LogP contribution in [0, 0.1) is 5.92 Å². The molecule has 1 aliphatic heterocycles.